The van der Waals surface area contributed by atoms with Gasteiger partial charge in [-0.25, -0.2) is 4.79 Å². The predicted molar refractivity (Wildman–Crippen MR) is 124 cm³/mol. The summed E-state index contributed by atoms with van der Waals surface area (Å²) in [5.41, 5.74) is -0.538. The minimum absolute atomic E-state index is 0.256. The highest BCUT2D eigenvalue weighted by molar-refractivity contribution is 7.80. The van der Waals surface area contributed by atoms with Gasteiger partial charge in [0.1, 0.15) is 0 Å². The fraction of sp³-hybridized carbons (Fsp3) is 0.708. The molecule has 0 radical (unpaired) electrons. The molecule has 0 aliphatic heterocycles. The Bertz CT molecular complexity index is 579. The molecule has 0 fully saturated rings. The van der Waals surface area contributed by atoms with E-state index in [0.29, 0.717) is 5.56 Å². The Hall–Kier alpha value is -1.08. The molecule has 6 heteroatoms. The standard InChI is InChI=1S/C24H41NO4S/c1-2-3-4-5-6-7-8-9-10-11-12-13-14-15-21-16-18-22(19-17-21)24(20-30,23(26)27)25(28)29/h16-19,28-30H,2-15,20H2,1H3,(H,26,27). The van der Waals surface area contributed by atoms with Gasteiger partial charge in [-0.15, -0.1) is 0 Å². The Morgan fingerprint density at radius 2 is 1.27 bits per heavy atom. The van der Waals surface area contributed by atoms with Gasteiger partial charge in [0.15, 0.2) is 0 Å². The first-order chi connectivity index (χ1) is 14.5. The molecule has 0 saturated carbocycles. The maximum atomic E-state index is 11.6. The van der Waals surface area contributed by atoms with Gasteiger partial charge in [0.2, 0.25) is 5.54 Å². The largest absolute Gasteiger partial charge is 0.479 e. The van der Waals surface area contributed by atoms with Crippen LogP contribution in [0.15, 0.2) is 24.3 Å². The van der Waals surface area contributed by atoms with Crippen LogP contribution in [0.25, 0.3) is 0 Å². The molecule has 0 aliphatic rings. The molecule has 172 valence electrons. The van der Waals surface area contributed by atoms with Crippen LogP contribution >= 0.6 is 12.6 Å². The maximum absolute atomic E-state index is 11.6. The number of aliphatic carboxylic acids is 1. The number of carboxylic acid groups (broad SMARTS) is 1. The van der Waals surface area contributed by atoms with E-state index in [2.05, 4.69) is 19.6 Å². The van der Waals surface area contributed by atoms with E-state index in [1.165, 1.54) is 77.0 Å². The van der Waals surface area contributed by atoms with Crippen molar-refractivity contribution < 1.29 is 20.3 Å². The van der Waals surface area contributed by atoms with Crippen LogP contribution in [0.3, 0.4) is 0 Å². The van der Waals surface area contributed by atoms with E-state index < -0.39 is 11.5 Å². The molecule has 1 rings (SSSR count). The van der Waals surface area contributed by atoms with Gasteiger partial charge in [0.05, 0.1) is 0 Å². The van der Waals surface area contributed by atoms with Crippen LogP contribution in [-0.2, 0) is 16.8 Å². The Morgan fingerprint density at radius 1 is 0.833 bits per heavy atom. The van der Waals surface area contributed by atoms with E-state index in [0.717, 1.165) is 18.4 Å². The lowest BCUT2D eigenvalue weighted by atomic mass is 9.91. The molecular weight excluding hydrogens is 398 g/mol. The number of aryl methyl sites for hydroxylation is 1. The van der Waals surface area contributed by atoms with Crippen LogP contribution in [-0.4, -0.2) is 32.5 Å². The second-order valence-electron chi connectivity index (χ2n) is 8.30. The van der Waals surface area contributed by atoms with Crippen molar-refractivity contribution in [2.24, 2.45) is 0 Å². The number of hydrogen-bond donors (Lipinski definition) is 4. The maximum Gasteiger partial charge on any atom is 0.334 e. The fourth-order valence-electron chi connectivity index (χ4n) is 3.84. The summed E-state index contributed by atoms with van der Waals surface area (Å²) in [5, 5.41) is 28.1. The molecule has 3 N–H and O–H groups in total. The third-order valence-corrected chi connectivity index (χ3v) is 6.38. The zero-order valence-electron chi connectivity index (χ0n) is 18.6. The highest BCUT2D eigenvalue weighted by Gasteiger charge is 2.45. The molecule has 5 nitrogen and oxygen atoms in total. The number of carboxylic acids is 1. The highest BCUT2D eigenvalue weighted by Crippen LogP contribution is 2.29. The fourth-order valence-corrected chi connectivity index (χ4v) is 4.29. The molecule has 0 amide bonds. The lowest BCUT2D eigenvalue weighted by Crippen LogP contribution is -2.50. The summed E-state index contributed by atoms with van der Waals surface area (Å²) in [7, 11) is 0. The second kappa shape index (κ2) is 15.7. The minimum Gasteiger partial charge on any atom is -0.479 e. The molecule has 0 spiro atoms. The van der Waals surface area contributed by atoms with Crippen LogP contribution in [0.2, 0.25) is 0 Å². The first-order valence-corrected chi connectivity index (χ1v) is 12.2. The first-order valence-electron chi connectivity index (χ1n) is 11.6. The highest BCUT2D eigenvalue weighted by atomic mass is 32.1. The second-order valence-corrected chi connectivity index (χ2v) is 8.62. The molecule has 1 aromatic carbocycles. The van der Waals surface area contributed by atoms with Crippen molar-refractivity contribution in [3.05, 3.63) is 35.4 Å². The zero-order chi connectivity index (χ0) is 22.2. The average Bonchev–Trinajstić information content (AvgIpc) is 2.73. The quantitative estimate of drug-likeness (QED) is 0.118. The predicted octanol–water partition coefficient (Wildman–Crippen LogP) is 6.61. The summed E-state index contributed by atoms with van der Waals surface area (Å²) < 4.78 is 0. The minimum atomic E-state index is -1.96. The smallest absolute Gasteiger partial charge is 0.334 e. The molecule has 30 heavy (non-hydrogen) atoms. The lowest BCUT2D eigenvalue weighted by molar-refractivity contribution is -0.356. The summed E-state index contributed by atoms with van der Waals surface area (Å²) in [4.78, 5) is 11.6. The Labute approximate surface area is 187 Å². The molecule has 1 aromatic rings. The monoisotopic (exact) mass is 439 g/mol. The van der Waals surface area contributed by atoms with E-state index in [9.17, 15) is 20.3 Å². The van der Waals surface area contributed by atoms with E-state index in [1.807, 2.05) is 12.1 Å². The molecule has 1 atom stereocenters. The molecule has 0 aliphatic carbocycles. The SMILES string of the molecule is CCCCCCCCCCCCCCCc1ccc(C(CS)(C(=O)O)N(O)O)cc1. The average molecular weight is 440 g/mol. The van der Waals surface area contributed by atoms with Crippen molar-refractivity contribution in [3.8, 4) is 0 Å². The lowest BCUT2D eigenvalue weighted by Gasteiger charge is -2.31. The molecule has 0 bridgehead atoms. The van der Waals surface area contributed by atoms with Gasteiger partial charge < -0.3 is 5.11 Å². The van der Waals surface area contributed by atoms with Gasteiger partial charge >= 0.3 is 5.97 Å². The van der Waals surface area contributed by atoms with E-state index in [-0.39, 0.29) is 11.0 Å². The van der Waals surface area contributed by atoms with Crippen molar-refractivity contribution in [3.63, 3.8) is 0 Å². The Balaban J connectivity index is 2.19. The van der Waals surface area contributed by atoms with Crippen molar-refractivity contribution in [1.29, 1.82) is 0 Å². The summed E-state index contributed by atoms with van der Waals surface area (Å²) in [6.45, 7) is 2.26. The van der Waals surface area contributed by atoms with Crippen molar-refractivity contribution in [2.45, 2.75) is 102 Å². The van der Waals surface area contributed by atoms with Gasteiger partial charge in [0.25, 0.3) is 0 Å². The summed E-state index contributed by atoms with van der Waals surface area (Å²) in [6.07, 6.45) is 18.2. The van der Waals surface area contributed by atoms with Gasteiger partial charge in [-0.2, -0.15) is 12.6 Å². The number of rotatable bonds is 18. The number of unbranched alkanes of at least 4 members (excludes halogenated alkanes) is 12. The Kier molecular flexibility index (Phi) is 14.1. The number of nitrogens with zero attached hydrogens (tertiary/aromatic N) is 1. The molecule has 0 saturated heterocycles. The van der Waals surface area contributed by atoms with E-state index in [4.69, 9.17) is 0 Å². The van der Waals surface area contributed by atoms with E-state index >= 15 is 0 Å². The topological polar surface area (TPSA) is 81.0 Å². The molecule has 0 heterocycles. The number of benzene rings is 1. The van der Waals surface area contributed by atoms with Crippen LogP contribution < -0.4 is 0 Å². The number of carbonyl (C=O) groups is 1. The molecule has 1 unspecified atom stereocenters. The number of thiol groups is 1. The van der Waals surface area contributed by atoms with Crippen molar-refractivity contribution in [1.82, 2.24) is 5.23 Å². The van der Waals surface area contributed by atoms with Crippen LogP contribution in [0.1, 0.15) is 102 Å². The van der Waals surface area contributed by atoms with Crippen LogP contribution in [0.4, 0.5) is 0 Å². The number of hydrogen-bond acceptors (Lipinski definition) is 5. The van der Waals surface area contributed by atoms with Gasteiger partial charge in [-0.05, 0) is 29.2 Å². The summed E-state index contributed by atoms with van der Waals surface area (Å²) >= 11 is 4.01. The third kappa shape index (κ3) is 8.96. The van der Waals surface area contributed by atoms with E-state index in [1.54, 1.807) is 12.1 Å². The van der Waals surface area contributed by atoms with Gasteiger partial charge in [0, 0.05) is 5.75 Å². The summed E-state index contributed by atoms with van der Waals surface area (Å²) in [6, 6.07) is 7.00. The van der Waals surface area contributed by atoms with Crippen LogP contribution in [0, 0.1) is 0 Å². The van der Waals surface area contributed by atoms with Crippen LogP contribution in [0.5, 0.6) is 0 Å². The van der Waals surface area contributed by atoms with Crippen molar-refractivity contribution >= 4 is 18.6 Å². The normalized spacial score (nSPS) is 13.5. The Morgan fingerprint density at radius 3 is 1.63 bits per heavy atom. The van der Waals surface area contributed by atoms with Gasteiger partial charge in [-0.1, -0.05) is 108 Å². The zero-order valence-corrected chi connectivity index (χ0v) is 19.5. The summed E-state index contributed by atoms with van der Waals surface area (Å²) in [5.74, 6) is -1.61. The van der Waals surface area contributed by atoms with Crippen molar-refractivity contribution in [2.75, 3.05) is 5.75 Å². The third-order valence-electron chi connectivity index (χ3n) is 5.92. The first kappa shape index (κ1) is 27.0. The number of hydroxylamine groups is 2. The molecule has 0 aromatic heterocycles. The van der Waals surface area contributed by atoms with Gasteiger partial charge in [-0.3, -0.25) is 10.4 Å². The molecular formula is C24H41NO4S.